The SMILES string of the molecule is CCC(N)Cc1cc2nc(C)sc2cc1[N+](=O)[O-]. The van der Waals surface area contributed by atoms with Gasteiger partial charge in [0, 0.05) is 17.7 Å². The fourth-order valence-electron chi connectivity index (χ4n) is 1.88. The fourth-order valence-corrected chi connectivity index (χ4v) is 2.72. The highest BCUT2D eigenvalue weighted by Crippen LogP contribution is 2.30. The molecule has 0 fully saturated rings. The van der Waals surface area contributed by atoms with Gasteiger partial charge >= 0.3 is 0 Å². The summed E-state index contributed by atoms with van der Waals surface area (Å²) in [6.07, 6.45) is 1.31. The van der Waals surface area contributed by atoms with Crippen LogP contribution in [-0.4, -0.2) is 15.9 Å². The molecule has 6 heteroatoms. The van der Waals surface area contributed by atoms with Gasteiger partial charge in [-0.25, -0.2) is 4.98 Å². The molecule has 0 bridgehead atoms. The maximum atomic E-state index is 11.1. The van der Waals surface area contributed by atoms with Crippen molar-refractivity contribution in [1.29, 1.82) is 0 Å². The third-order valence-electron chi connectivity index (χ3n) is 2.90. The topological polar surface area (TPSA) is 82.0 Å². The lowest BCUT2D eigenvalue weighted by Gasteiger charge is -2.08. The highest BCUT2D eigenvalue weighted by Gasteiger charge is 2.18. The molecule has 0 saturated heterocycles. The summed E-state index contributed by atoms with van der Waals surface area (Å²) >= 11 is 1.47. The number of hydrogen-bond donors (Lipinski definition) is 1. The van der Waals surface area contributed by atoms with E-state index in [1.165, 1.54) is 11.3 Å². The van der Waals surface area contributed by atoms with E-state index in [2.05, 4.69) is 4.98 Å². The zero-order chi connectivity index (χ0) is 13.3. The molecule has 1 unspecified atom stereocenters. The average Bonchev–Trinajstić information content (AvgIpc) is 2.66. The molecule has 1 aromatic heterocycles. The smallest absolute Gasteiger partial charge is 0.274 e. The van der Waals surface area contributed by atoms with Crippen LogP contribution in [0.5, 0.6) is 0 Å². The molecule has 96 valence electrons. The molecule has 0 spiro atoms. The maximum absolute atomic E-state index is 11.1. The van der Waals surface area contributed by atoms with Gasteiger partial charge in [-0.2, -0.15) is 0 Å². The number of nitrogens with zero attached hydrogens (tertiary/aromatic N) is 2. The van der Waals surface area contributed by atoms with Gasteiger partial charge in [0.1, 0.15) is 0 Å². The lowest BCUT2D eigenvalue weighted by atomic mass is 10.0. The van der Waals surface area contributed by atoms with E-state index in [4.69, 9.17) is 5.73 Å². The molecule has 0 aliphatic rings. The number of aromatic nitrogens is 1. The Balaban J connectivity index is 2.53. The molecule has 0 amide bonds. The Morgan fingerprint density at radius 2 is 2.28 bits per heavy atom. The summed E-state index contributed by atoms with van der Waals surface area (Å²) in [5.41, 5.74) is 7.53. The Kier molecular flexibility index (Phi) is 3.58. The molecule has 0 aliphatic carbocycles. The van der Waals surface area contributed by atoms with Gasteiger partial charge in [-0.05, 0) is 25.8 Å². The van der Waals surface area contributed by atoms with E-state index in [1.54, 1.807) is 12.1 Å². The summed E-state index contributed by atoms with van der Waals surface area (Å²) in [5, 5.41) is 12.0. The number of rotatable bonds is 4. The van der Waals surface area contributed by atoms with Crippen LogP contribution in [0.1, 0.15) is 23.9 Å². The second kappa shape index (κ2) is 4.99. The molecule has 2 N–H and O–H groups in total. The van der Waals surface area contributed by atoms with Crippen LogP contribution in [0.3, 0.4) is 0 Å². The number of hydrogen-bond acceptors (Lipinski definition) is 5. The van der Waals surface area contributed by atoms with E-state index in [1.807, 2.05) is 13.8 Å². The van der Waals surface area contributed by atoms with Gasteiger partial charge in [-0.3, -0.25) is 10.1 Å². The van der Waals surface area contributed by atoms with Gasteiger partial charge in [0.2, 0.25) is 0 Å². The minimum absolute atomic E-state index is 0.0547. The van der Waals surface area contributed by atoms with Crippen LogP contribution in [0.4, 0.5) is 5.69 Å². The molecule has 1 aromatic carbocycles. The normalized spacial score (nSPS) is 12.8. The minimum Gasteiger partial charge on any atom is -0.327 e. The van der Waals surface area contributed by atoms with Crippen LogP contribution in [0.25, 0.3) is 10.2 Å². The Morgan fingerprint density at radius 1 is 1.56 bits per heavy atom. The summed E-state index contributed by atoms with van der Waals surface area (Å²) in [6.45, 7) is 3.87. The van der Waals surface area contributed by atoms with Crippen molar-refractivity contribution in [3.8, 4) is 0 Å². The maximum Gasteiger partial charge on any atom is 0.274 e. The summed E-state index contributed by atoms with van der Waals surface area (Å²) in [6, 6.07) is 3.35. The Hall–Kier alpha value is -1.53. The van der Waals surface area contributed by atoms with Crippen LogP contribution >= 0.6 is 11.3 Å². The first kappa shape index (κ1) is 12.9. The average molecular weight is 265 g/mol. The number of nitro benzene ring substituents is 1. The molecule has 0 radical (unpaired) electrons. The predicted molar refractivity (Wildman–Crippen MR) is 73.0 cm³/mol. The van der Waals surface area contributed by atoms with Crippen molar-refractivity contribution in [2.24, 2.45) is 5.73 Å². The molecule has 2 aromatic rings. The van der Waals surface area contributed by atoms with E-state index < -0.39 is 0 Å². The highest BCUT2D eigenvalue weighted by molar-refractivity contribution is 7.18. The monoisotopic (exact) mass is 265 g/mol. The van der Waals surface area contributed by atoms with Crippen LogP contribution in [0, 0.1) is 17.0 Å². The van der Waals surface area contributed by atoms with Crippen LogP contribution < -0.4 is 5.73 Å². The third kappa shape index (κ3) is 2.49. The predicted octanol–water partition coefficient (Wildman–Crippen LogP) is 2.79. The van der Waals surface area contributed by atoms with Crippen LogP contribution in [-0.2, 0) is 6.42 Å². The molecule has 1 atom stereocenters. The van der Waals surface area contributed by atoms with Gasteiger partial charge in [0.25, 0.3) is 5.69 Å². The summed E-state index contributed by atoms with van der Waals surface area (Å²) in [4.78, 5) is 15.1. The summed E-state index contributed by atoms with van der Waals surface area (Å²) < 4.78 is 0.855. The van der Waals surface area contributed by atoms with Gasteiger partial charge < -0.3 is 5.73 Å². The van der Waals surface area contributed by atoms with Gasteiger partial charge in [-0.15, -0.1) is 11.3 Å². The van der Waals surface area contributed by atoms with E-state index in [-0.39, 0.29) is 16.7 Å². The van der Waals surface area contributed by atoms with Gasteiger partial charge in [-0.1, -0.05) is 6.92 Å². The number of thiazole rings is 1. The first-order valence-corrected chi connectivity index (χ1v) is 6.63. The Bertz CT molecular complexity index is 594. The lowest BCUT2D eigenvalue weighted by molar-refractivity contribution is -0.385. The number of fused-ring (bicyclic) bond motifs is 1. The molecular weight excluding hydrogens is 250 g/mol. The van der Waals surface area contributed by atoms with Crippen LogP contribution in [0.15, 0.2) is 12.1 Å². The first-order chi connectivity index (χ1) is 8.51. The van der Waals surface area contributed by atoms with Gasteiger partial charge in [0.15, 0.2) is 0 Å². The summed E-state index contributed by atoms with van der Waals surface area (Å²) in [5.74, 6) is 0. The van der Waals surface area contributed by atoms with Crippen molar-refractivity contribution in [2.75, 3.05) is 0 Å². The highest BCUT2D eigenvalue weighted by atomic mass is 32.1. The number of nitrogens with two attached hydrogens (primary N) is 1. The third-order valence-corrected chi connectivity index (χ3v) is 3.83. The molecule has 0 saturated carbocycles. The number of nitro groups is 1. The molecule has 5 nitrogen and oxygen atoms in total. The van der Waals surface area contributed by atoms with Crippen LogP contribution in [0.2, 0.25) is 0 Å². The second-order valence-corrected chi connectivity index (χ2v) is 5.55. The fraction of sp³-hybridized carbons (Fsp3) is 0.417. The van der Waals surface area contributed by atoms with E-state index in [9.17, 15) is 10.1 Å². The van der Waals surface area contributed by atoms with Crippen molar-refractivity contribution >= 4 is 27.2 Å². The molecule has 18 heavy (non-hydrogen) atoms. The van der Waals surface area contributed by atoms with Crippen molar-refractivity contribution in [2.45, 2.75) is 32.7 Å². The first-order valence-electron chi connectivity index (χ1n) is 5.81. The molecular formula is C12H15N3O2S. The van der Waals surface area contributed by atoms with Gasteiger partial charge in [0.05, 0.1) is 20.1 Å². The zero-order valence-corrected chi connectivity index (χ0v) is 11.2. The molecule has 1 heterocycles. The van der Waals surface area contributed by atoms with Crippen molar-refractivity contribution in [1.82, 2.24) is 4.98 Å². The Morgan fingerprint density at radius 3 is 2.89 bits per heavy atom. The van der Waals surface area contributed by atoms with Crippen molar-refractivity contribution in [3.05, 3.63) is 32.8 Å². The van der Waals surface area contributed by atoms with E-state index in [0.29, 0.717) is 12.0 Å². The quantitative estimate of drug-likeness (QED) is 0.680. The largest absolute Gasteiger partial charge is 0.327 e. The zero-order valence-electron chi connectivity index (χ0n) is 10.3. The standard InChI is InChI=1S/C12H15N3O2S/c1-3-9(13)4-8-5-10-12(18-7(2)14-10)6-11(8)15(16)17/h5-6,9H,3-4,13H2,1-2H3. The van der Waals surface area contributed by atoms with E-state index in [0.717, 1.165) is 21.6 Å². The van der Waals surface area contributed by atoms with Crippen molar-refractivity contribution < 1.29 is 4.92 Å². The van der Waals surface area contributed by atoms with Crippen molar-refractivity contribution in [3.63, 3.8) is 0 Å². The number of benzene rings is 1. The van der Waals surface area contributed by atoms with E-state index >= 15 is 0 Å². The summed E-state index contributed by atoms with van der Waals surface area (Å²) in [7, 11) is 0. The molecule has 2 rings (SSSR count). The Labute approximate surface area is 109 Å². The minimum atomic E-state index is -0.341. The second-order valence-electron chi connectivity index (χ2n) is 4.31. The number of aryl methyl sites for hydroxylation is 1. The lowest BCUT2D eigenvalue weighted by Crippen LogP contribution is -2.21. The molecule has 0 aliphatic heterocycles.